The van der Waals surface area contributed by atoms with Crippen LogP contribution in [0.5, 0.6) is 0 Å². The lowest BCUT2D eigenvalue weighted by Crippen LogP contribution is -2.30. The summed E-state index contributed by atoms with van der Waals surface area (Å²) in [6.45, 7) is 3.84. The molecular formula is C15H20O3. The Kier molecular flexibility index (Phi) is 5.10. The molecule has 18 heavy (non-hydrogen) atoms. The lowest BCUT2D eigenvalue weighted by Gasteiger charge is -2.21. The minimum absolute atomic E-state index is 0.157. The van der Waals surface area contributed by atoms with Gasteiger partial charge in [0.1, 0.15) is 0 Å². The molecule has 1 rings (SSSR count). The van der Waals surface area contributed by atoms with Gasteiger partial charge in [0, 0.05) is 6.61 Å². The molecule has 0 saturated heterocycles. The van der Waals surface area contributed by atoms with Crippen molar-refractivity contribution in [1.82, 2.24) is 0 Å². The van der Waals surface area contributed by atoms with Gasteiger partial charge in [0.05, 0.1) is 12.5 Å². The Labute approximate surface area is 108 Å². The second-order valence-electron chi connectivity index (χ2n) is 4.65. The molecule has 0 heterocycles. The highest BCUT2D eigenvalue weighted by molar-refractivity contribution is 5.82. The molecule has 0 amide bonds. The zero-order chi connectivity index (χ0) is 13.6. The van der Waals surface area contributed by atoms with Crippen molar-refractivity contribution in [3.05, 3.63) is 41.5 Å². The second-order valence-corrected chi connectivity index (χ2v) is 4.65. The molecule has 0 saturated carbocycles. The number of esters is 1. The maximum Gasteiger partial charge on any atom is 0.315 e. The van der Waals surface area contributed by atoms with Crippen molar-refractivity contribution in [2.75, 3.05) is 13.7 Å². The third kappa shape index (κ3) is 3.44. The van der Waals surface area contributed by atoms with Gasteiger partial charge < -0.3 is 9.84 Å². The summed E-state index contributed by atoms with van der Waals surface area (Å²) in [6.07, 6.45) is 4.51. The number of aliphatic hydroxyl groups excluding tert-OH is 1. The first-order chi connectivity index (χ1) is 8.52. The van der Waals surface area contributed by atoms with Crippen LogP contribution in [0.15, 0.2) is 30.3 Å². The van der Waals surface area contributed by atoms with Crippen molar-refractivity contribution in [2.24, 2.45) is 0 Å². The van der Waals surface area contributed by atoms with E-state index in [1.54, 1.807) is 0 Å². The predicted octanol–water partition coefficient (Wildman–Crippen LogP) is 2.53. The summed E-state index contributed by atoms with van der Waals surface area (Å²) >= 11 is 0. The maximum absolute atomic E-state index is 11.7. The fraction of sp³-hybridized carbons (Fsp3) is 0.400. The second kappa shape index (κ2) is 6.36. The van der Waals surface area contributed by atoms with Gasteiger partial charge in [-0.3, -0.25) is 4.79 Å². The Balaban J connectivity index is 2.85. The molecule has 0 aliphatic rings. The summed E-state index contributed by atoms with van der Waals surface area (Å²) in [5, 5.41) is 8.68. The number of hydrogen-bond donors (Lipinski definition) is 1. The minimum atomic E-state index is -0.637. The number of aliphatic hydroxyl groups is 1. The fourth-order valence-electron chi connectivity index (χ4n) is 1.68. The lowest BCUT2D eigenvalue weighted by atomic mass is 9.84. The van der Waals surface area contributed by atoms with Crippen molar-refractivity contribution in [1.29, 1.82) is 0 Å². The van der Waals surface area contributed by atoms with Crippen LogP contribution in [0.3, 0.4) is 0 Å². The van der Waals surface area contributed by atoms with Gasteiger partial charge in [-0.25, -0.2) is 0 Å². The number of rotatable bonds is 5. The third-order valence-corrected chi connectivity index (χ3v) is 2.93. The van der Waals surface area contributed by atoms with E-state index < -0.39 is 5.41 Å². The van der Waals surface area contributed by atoms with E-state index in [1.807, 2.05) is 50.3 Å². The number of carbonyl (C=O) groups is 1. The molecule has 3 nitrogen and oxygen atoms in total. The van der Waals surface area contributed by atoms with E-state index in [4.69, 9.17) is 9.84 Å². The van der Waals surface area contributed by atoms with Crippen molar-refractivity contribution >= 4 is 12.0 Å². The Morgan fingerprint density at radius 2 is 1.94 bits per heavy atom. The fourth-order valence-corrected chi connectivity index (χ4v) is 1.68. The van der Waals surface area contributed by atoms with Gasteiger partial charge in [0.25, 0.3) is 0 Å². The molecule has 3 heteroatoms. The summed E-state index contributed by atoms with van der Waals surface area (Å²) < 4.78 is 4.80. The van der Waals surface area contributed by atoms with E-state index in [2.05, 4.69) is 0 Å². The highest BCUT2D eigenvalue weighted by Gasteiger charge is 2.30. The molecule has 1 aromatic carbocycles. The topological polar surface area (TPSA) is 46.5 Å². The van der Waals surface area contributed by atoms with Gasteiger partial charge in [-0.15, -0.1) is 0 Å². The van der Waals surface area contributed by atoms with Crippen molar-refractivity contribution in [3.63, 3.8) is 0 Å². The molecule has 0 radical (unpaired) electrons. The average Bonchev–Trinajstić information content (AvgIpc) is 2.38. The lowest BCUT2D eigenvalue weighted by molar-refractivity contribution is -0.146. The van der Waals surface area contributed by atoms with Gasteiger partial charge in [0.15, 0.2) is 0 Å². The zero-order valence-electron chi connectivity index (χ0n) is 11.1. The smallest absolute Gasteiger partial charge is 0.315 e. The van der Waals surface area contributed by atoms with E-state index in [0.717, 1.165) is 11.1 Å². The third-order valence-electron chi connectivity index (χ3n) is 2.93. The van der Waals surface area contributed by atoms with Crippen LogP contribution in [0.25, 0.3) is 6.08 Å². The summed E-state index contributed by atoms with van der Waals surface area (Å²) in [6, 6.07) is 7.76. The van der Waals surface area contributed by atoms with Crippen LogP contribution in [0.1, 0.15) is 31.4 Å². The number of methoxy groups -OCH3 is 1. The molecule has 0 aliphatic carbocycles. The first-order valence-corrected chi connectivity index (χ1v) is 5.98. The monoisotopic (exact) mass is 248 g/mol. The summed E-state index contributed by atoms with van der Waals surface area (Å²) in [5.74, 6) is -0.244. The van der Waals surface area contributed by atoms with Crippen molar-refractivity contribution < 1.29 is 14.6 Å². The summed E-state index contributed by atoms with van der Waals surface area (Å²) in [5.41, 5.74) is 1.34. The van der Waals surface area contributed by atoms with Gasteiger partial charge >= 0.3 is 5.97 Å². The Morgan fingerprint density at radius 1 is 1.33 bits per heavy atom. The van der Waals surface area contributed by atoms with Crippen LogP contribution in [0, 0.1) is 0 Å². The van der Waals surface area contributed by atoms with Gasteiger partial charge in [-0.2, -0.15) is 0 Å². The molecule has 98 valence electrons. The summed E-state index contributed by atoms with van der Waals surface area (Å²) in [7, 11) is 1.40. The molecule has 0 aliphatic heterocycles. The molecule has 1 aromatic rings. The Morgan fingerprint density at radius 3 is 2.44 bits per heavy atom. The van der Waals surface area contributed by atoms with E-state index in [0.29, 0.717) is 6.42 Å². The van der Waals surface area contributed by atoms with Crippen molar-refractivity contribution in [2.45, 2.75) is 25.7 Å². The van der Waals surface area contributed by atoms with Gasteiger partial charge in [-0.05, 0) is 31.4 Å². The highest BCUT2D eigenvalue weighted by atomic mass is 16.5. The quantitative estimate of drug-likeness (QED) is 0.814. The Bertz CT molecular complexity index is 416. The van der Waals surface area contributed by atoms with Crippen LogP contribution in [-0.4, -0.2) is 24.8 Å². The van der Waals surface area contributed by atoms with Crippen molar-refractivity contribution in [3.8, 4) is 0 Å². The van der Waals surface area contributed by atoms with E-state index in [9.17, 15) is 4.79 Å². The predicted molar refractivity (Wildman–Crippen MR) is 72.2 cm³/mol. The molecule has 0 spiro atoms. The van der Waals surface area contributed by atoms with Crippen LogP contribution in [-0.2, 0) is 14.9 Å². The molecule has 0 aromatic heterocycles. The number of carbonyl (C=O) groups excluding carboxylic acids is 1. The summed E-state index contributed by atoms with van der Waals surface area (Å²) in [4.78, 5) is 11.7. The average molecular weight is 248 g/mol. The first-order valence-electron chi connectivity index (χ1n) is 5.98. The molecule has 0 fully saturated rings. The molecule has 0 bridgehead atoms. The maximum atomic E-state index is 11.7. The van der Waals surface area contributed by atoms with E-state index in [1.165, 1.54) is 7.11 Å². The van der Waals surface area contributed by atoms with E-state index in [-0.39, 0.29) is 12.6 Å². The first kappa shape index (κ1) is 14.5. The largest absolute Gasteiger partial charge is 0.468 e. The van der Waals surface area contributed by atoms with Crippen LogP contribution >= 0.6 is 0 Å². The van der Waals surface area contributed by atoms with Gasteiger partial charge in [-0.1, -0.05) is 36.4 Å². The SMILES string of the molecule is COC(=O)C(C)(C)c1ccc(/C=C/CCO)cc1. The van der Waals surface area contributed by atoms with Crippen LogP contribution in [0.4, 0.5) is 0 Å². The normalized spacial score (nSPS) is 11.8. The Hall–Kier alpha value is -1.61. The number of benzene rings is 1. The molecule has 1 N–H and O–H groups in total. The zero-order valence-corrected chi connectivity index (χ0v) is 11.1. The highest BCUT2D eigenvalue weighted by Crippen LogP contribution is 2.25. The molecule has 0 unspecified atom stereocenters. The molecular weight excluding hydrogens is 228 g/mol. The minimum Gasteiger partial charge on any atom is -0.468 e. The van der Waals surface area contributed by atoms with E-state index >= 15 is 0 Å². The van der Waals surface area contributed by atoms with Crippen LogP contribution < -0.4 is 0 Å². The standard InChI is InChI=1S/C15H20O3/c1-15(2,14(17)18-3)13-9-7-12(8-10-13)6-4-5-11-16/h4,6-10,16H,5,11H2,1-3H3/b6-4+. The number of hydrogen-bond acceptors (Lipinski definition) is 3. The van der Waals surface area contributed by atoms with Gasteiger partial charge in [0.2, 0.25) is 0 Å². The number of ether oxygens (including phenoxy) is 1. The van der Waals surface area contributed by atoms with Crippen LogP contribution in [0.2, 0.25) is 0 Å². The molecule has 0 atom stereocenters.